The van der Waals surface area contributed by atoms with Crippen molar-refractivity contribution < 1.29 is 17.9 Å². The number of hydrogen-bond acceptors (Lipinski definition) is 5. The molecule has 0 atom stereocenters. The summed E-state index contributed by atoms with van der Waals surface area (Å²) in [5.41, 5.74) is 0.663. The number of nitrogens with one attached hydrogen (secondary N) is 1. The highest BCUT2D eigenvalue weighted by Gasteiger charge is 2.37. The fourth-order valence-electron chi connectivity index (χ4n) is 3.16. The lowest BCUT2D eigenvalue weighted by Crippen LogP contribution is -2.44. The molecule has 1 fully saturated rings. The first-order chi connectivity index (χ1) is 12.0. The van der Waals surface area contributed by atoms with Crippen molar-refractivity contribution in [2.45, 2.75) is 30.1 Å². The van der Waals surface area contributed by atoms with Crippen LogP contribution in [0.1, 0.15) is 23.3 Å². The van der Waals surface area contributed by atoms with E-state index in [2.05, 4.69) is 10.8 Å². The topological polar surface area (TPSA) is 64.6 Å². The van der Waals surface area contributed by atoms with E-state index in [0.717, 1.165) is 18.4 Å². The molecule has 136 valence electrons. The van der Waals surface area contributed by atoms with Crippen molar-refractivity contribution in [3.8, 4) is 5.75 Å². The maximum Gasteiger partial charge on any atom is 0.244 e. The van der Waals surface area contributed by atoms with Gasteiger partial charge in [-0.25, -0.2) is 13.1 Å². The standard InChI is InChI=1S/C18H23NO4S2/c1-14-5-6-15(22-2)16(12-14)25(20,21)19-13-18(7-9-23-10-8-18)17-4-3-11-24-17/h3-6,11-12,19H,7-10,13H2,1-2H3. The second kappa shape index (κ2) is 7.45. The zero-order valence-electron chi connectivity index (χ0n) is 14.4. The number of sulfonamides is 1. The van der Waals surface area contributed by atoms with Crippen molar-refractivity contribution in [1.29, 1.82) is 0 Å². The van der Waals surface area contributed by atoms with Crippen LogP contribution in [0.2, 0.25) is 0 Å². The van der Waals surface area contributed by atoms with E-state index < -0.39 is 10.0 Å². The van der Waals surface area contributed by atoms with Gasteiger partial charge in [-0.05, 0) is 48.9 Å². The van der Waals surface area contributed by atoms with Gasteiger partial charge in [0.2, 0.25) is 10.0 Å². The minimum Gasteiger partial charge on any atom is -0.495 e. The molecule has 0 saturated carbocycles. The first kappa shape index (κ1) is 18.4. The largest absolute Gasteiger partial charge is 0.495 e. The third-order valence-corrected chi connectivity index (χ3v) is 7.24. The first-order valence-electron chi connectivity index (χ1n) is 8.23. The van der Waals surface area contributed by atoms with Crippen LogP contribution >= 0.6 is 11.3 Å². The molecule has 1 aliphatic rings. The molecule has 1 aromatic heterocycles. The first-order valence-corrected chi connectivity index (χ1v) is 10.6. The minimum absolute atomic E-state index is 0.184. The molecule has 1 N–H and O–H groups in total. The molecular weight excluding hydrogens is 358 g/mol. The van der Waals surface area contributed by atoms with E-state index in [0.29, 0.717) is 25.5 Å². The van der Waals surface area contributed by atoms with Crippen LogP contribution < -0.4 is 9.46 Å². The van der Waals surface area contributed by atoms with Crippen LogP contribution in [0.4, 0.5) is 0 Å². The van der Waals surface area contributed by atoms with Crippen LogP contribution in [-0.2, 0) is 20.2 Å². The molecule has 1 aromatic carbocycles. The van der Waals surface area contributed by atoms with E-state index in [9.17, 15) is 8.42 Å². The number of ether oxygens (including phenoxy) is 2. The molecule has 7 heteroatoms. The van der Waals surface area contributed by atoms with Crippen molar-refractivity contribution in [3.05, 3.63) is 46.2 Å². The Morgan fingerprint density at radius 2 is 2.04 bits per heavy atom. The predicted molar refractivity (Wildman–Crippen MR) is 99.0 cm³/mol. The fraction of sp³-hybridized carbons (Fsp3) is 0.444. The summed E-state index contributed by atoms with van der Waals surface area (Å²) in [5, 5.41) is 2.03. The average molecular weight is 382 g/mol. The van der Waals surface area contributed by atoms with Gasteiger partial charge >= 0.3 is 0 Å². The highest BCUT2D eigenvalue weighted by atomic mass is 32.2. The Morgan fingerprint density at radius 3 is 2.68 bits per heavy atom. The number of benzene rings is 1. The second-order valence-electron chi connectivity index (χ2n) is 6.35. The molecule has 2 aromatic rings. The van der Waals surface area contributed by atoms with Gasteiger partial charge in [-0.2, -0.15) is 0 Å². The van der Waals surface area contributed by atoms with Crippen molar-refractivity contribution in [2.24, 2.45) is 0 Å². The lowest BCUT2D eigenvalue weighted by atomic mass is 9.79. The summed E-state index contributed by atoms with van der Waals surface area (Å²) in [7, 11) is -2.18. The van der Waals surface area contributed by atoms with Gasteiger partial charge in [0, 0.05) is 30.1 Å². The van der Waals surface area contributed by atoms with Crippen molar-refractivity contribution in [3.63, 3.8) is 0 Å². The van der Waals surface area contributed by atoms with E-state index in [1.165, 1.54) is 12.0 Å². The maximum atomic E-state index is 12.9. The minimum atomic E-state index is -3.67. The Hall–Kier alpha value is -1.41. The predicted octanol–water partition coefficient (Wildman–Crippen LogP) is 3.09. The Morgan fingerprint density at radius 1 is 1.28 bits per heavy atom. The van der Waals surface area contributed by atoms with Gasteiger partial charge in [-0.1, -0.05) is 12.1 Å². The molecule has 1 aliphatic heterocycles. The summed E-state index contributed by atoms with van der Waals surface area (Å²) >= 11 is 1.67. The van der Waals surface area contributed by atoms with Gasteiger partial charge in [-0.15, -0.1) is 11.3 Å². The van der Waals surface area contributed by atoms with Crippen LogP contribution in [0.3, 0.4) is 0 Å². The third-order valence-electron chi connectivity index (χ3n) is 4.70. The lowest BCUT2D eigenvalue weighted by molar-refractivity contribution is 0.0529. The van der Waals surface area contributed by atoms with E-state index in [-0.39, 0.29) is 10.3 Å². The fourth-order valence-corrected chi connectivity index (χ4v) is 5.52. The molecule has 25 heavy (non-hydrogen) atoms. The van der Waals surface area contributed by atoms with E-state index in [4.69, 9.17) is 9.47 Å². The summed E-state index contributed by atoms with van der Waals surface area (Å²) in [6.07, 6.45) is 1.61. The highest BCUT2D eigenvalue weighted by molar-refractivity contribution is 7.89. The highest BCUT2D eigenvalue weighted by Crippen LogP contribution is 2.37. The van der Waals surface area contributed by atoms with E-state index >= 15 is 0 Å². The van der Waals surface area contributed by atoms with Crippen LogP contribution in [0, 0.1) is 6.92 Å². The van der Waals surface area contributed by atoms with Crippen LogP contribution in [0.15, 0.2) is 40.6 Å². The molecule has 0 amide bonds. The average Bonchev–Trinajstić information content (AvgIpc) is 3.16. The molecule has 0 aliphatic carbocycles. The smallest absolute Gasteiger partial charge is 0.244 e. The Bertz CT molecular complexity index is 810. The maximum absolute atomic E-state index is 12.9. The van der Waals surface area contributed by atoms with Crippen LogP contribution in [-0.4, -0.2) is 35.3 Å². The summed E-state index contributed by atoms with van der Waals surface area (Å²) in [5.74, 6) is 0.357. The summed E-state index contributed by atoms with van der Waals surface area (Å²) in [6.45, 7) is 3.52. The summed E-state index contributed by atoms with van der Waals surface area (Å²) in [4.78, 5) is 1.39. The summed E-state index contributed by atoms with van der Waals surface area (Å²) < 4.78 is 39.4. The van der Waals surface area contributed by atoms with Crippen molar-refractivity contribution in [2.75, 3.05) is 26.9 Å². The zero-order chi connectivity index (χ0) is 17.9. The van der Waals surface area contributed by atoms with Crippen molar-refractivity contribution >= 4 is 21.4 Å². The van der Waals surface area contributed by atoms with Gasteiger partial charge in [0.05, 0.1) is 7.11 Å². The molecule has 5 nitrogen and oxygen atoms in total. The SMILES string of the molecule is COc1ccc(C)cc1S(=O)(=O)NCC1(c2cccs2)CCOCC1. The molecule has 0 radical (unpaired) electrons. The molecular formula is C18H23NO4S2. The van der Waals surface area contributed by atoms with Crippen LogP contribution in [0.25, 0.3) is 0 Å². The van der Waals surface area contributed by atoms with Crippen molar-refractivity contribution in [1.82, 2.24) is 4.72 Å². The van der Waals surface area contributed by atoms with Crippen LogP contribution in [0.5, 0.6) is 5.75 Å². The van der Waals surface area contributed by atoms with Gasteiger partial charge in [0.1, 0.15) is 10.6 Å². The summed E-state index contributed by atoms with van der Waals surface area (Å²) in [6, 6.07) is 9.26. The number of hydrogen-bond donors (Lipinski definition) is 1. The Kier molecular flexibility index (Phi) is 5.48. The molecule has 0 spiro atoms. The van der Waals surface area contributed by atoms with Gasteiger partial charge in [-0.3, -0.25) is 0 Å². The lowest BCUT2D eigenvalue weighted by Gasteiger charge is -2.36. The van der Waals surface area contributed by atoms with E-state index in [1.54, 1.807) is 23.5 Å². The number of methoxy groups -OCH3 is 1. The number of thiophene rings is 1. The second-order valence-corrected chi connectivity index (χ2v) is 9.03. The van der Waals surface area contributed by atoms with Gasteiger partial charge < -0.3 is 9.47 Å². The van der Waals surface area contributed by atoms with Gasteiger partial charge in [0.15, 0.2) is 0 Å². The number of rotatable bonds is 6. The molecule has 2 heterocycles. The molecule has 3 rings (SSSR count). The van der Waals surface area contributed by atoms with Gasteiger partial charge in [0.25, 0.3) is 0 Å². The monoisotopic (exact) mass is 381 g/mol. The Labute approximate surface area is 153 Å². The third kappa shape index (κ3) is 3.89. The van der Waals surface area contributed by atoms with E-state index in [1.807, 2.05) is 24.4 Å². The number of aryl methyl sites for hydroxylation is 1. The quantitative estimate of drug-likeness (QED) is 0.835. The molecule has 0 unspecified atom stereocenters. The zero-order valence-corrected chi connectivity index (χ0v) is 16.1. The molecule has 0 bridgehead atoms. The Balaban J connectivity index is 1.87. The normalized spacial score (nSPS) is 17.4. The molecule has 1 saturated heterocycles.